The van der Waals surface area contributed by atoms with Gasteiger partial charge in [0.2, 0.25) is 0 Å². The van der Waals surface area contributed by atoms with Gasteiger partial charge in [0, 0.05) is 6.08 Å². The minimum atomic E-state index is -0.592. The lowest BCUT2D eigenvalue weighted by Gasteiger charge is -2.24. The third-order valence-electron chi connectivity index (χ3n) is 4.50. The van der Waals surface area contributed by atoms with Crippen LogP contribution in [0.4, 0.5) is 0 Å². The highest BCUT2D eigenvalue weighted by molar-refractivity contribution is 14.1. The van der Waals surface area contributed by atoms with Crippen LogP contribution in [0.3, 0.4) is 0 Å². The lowest BCUT2D eigenvalue weighted by atomic mass is 9.96. The van der Waals surface area contributed by atoms with Gasteiger partial charge < -0.3 is 9.15 Å². The Morgan fingerprint density at radius 3 is 2.72 bits per heavy atom. The highest BCUT2D eigenvalue weighted by atomic mass is 127. The number of hydrogen-bond acceptors (Lipinski definition) is 6. The van der Waals surface area contributed by atoms with Gasteiger partial charge in [0.15, 0.2) is 8.57 Å². The van der Waals surface area contributed by atoms with Crippen molar-refractivity contribution in [2.75, 3.05) is 6.61 Å². The van der Waals surface area contributed by atoms with Crippen LogP contribution in [0, 0.1) is 3.77 Å². The molecule has 8 heteroatoms. The molecule has 1 atom stereocenters. The first kappa shape index (κ1) is 19.8. The van der Waals surface area contributed by atoms with Gasteiger partial charge >= 0.3 is 5.97 Å². The second kappa shape index (κ2) is 8.11. The molecule has 0 saturated heterocycles. The standard InChI is InChI=1S/C21H17IN2O4S/c1-3-27-20(26)17-12(2)23-21-24(18(17)13-7-5-4-6-8-13)19(25)15(29-21)11-14-9-10-16(22)28-14/h4-11,18H,3H2,1-2H3. The maximum atomic E-state index is 13.3. The molecule has 1 unspecified atom stereocenters. The number of halogens is 1. The molecule has 0 radical (unpaired) electrons. The van der Waals surface area contributed by atoms with Crippen molar-refractivity contribution in [3.63, 3.8) is 0 Å². The van der Waals surface area contributed by atoms with E-state index in [2.05, 4.69) is 27.6 Å². The number of carbonyl (C=O) groups excluding carboxylic acids is 1. The summed E-state index contributed by atoms with van der Waals surface area (Å²) in [6.45, 7) is 3.78. The van der Waals surface area contributed by atoms with Crippen LogP contribution in [-0.4, -0.2) is 17.1 Å². The molecule has 3 heterocycles. The molecule has 2 aromatic heterocycles. The Bertz CT molecular complexity index is 1280. The van der Waals surface area contributed by atoms with Crippen LogP contribution < -0.4 is 14.9 Å². The summed E-state index contributed by atoms with van der Waals surface area (Å²) < 4.78 is 13.6. The van der Waals surface area contributed by atoms with Crippen molar-refractivity contribution < 1.29 is 13.9 Å². The van der Waals surface area contributed by atoms with Crippen molar-refractivity contribution in [2.45, 2.75) is 19.9 Å². The second-order valence-corrected chi connectivity index (χ2v) is 8.43. The number of furan rings is 1. The molecule has 4 rings (SSSR count). The monoisotopic (exact) mass is 520 g/mol. The molecule has 0 spiro atoms. The van der Waals surface area contributed by atoms with Crippen molar-refractivity contribution in [3.8, 4) is 0 Å². The molecule has 1 aliphatic rings. The summed E-state index contributed by atoms with van der Waals surface area (Å²) in [7, 11) is 0. The first-order valence-electron chi connectivity index (χ1n) is 8.99. The molecule has 1 aliphatic heterocycles. The highest BCUT2D eigenvalue weighted by Gasteiger charge is 2.33. The summed E-state index contributed by atoms with van der Waals surface area (Å²) >= 11 is 3.35. The van der Waals surface area contributed by atoms with E-state index in [0.29, 0.717) is 26.4 Å². The van der Waals surface area contributed by atoms with Gasteiger partial charge in [-0.25, -0.2) is 9.79 Å². The Balaban J connectivity index is 1.96. The van der Waals surface area contributed by atoms with E-state index < -0.39 is 12.0 Å². The van der Waals surface area contributed by atoms with Crippen molar-refractivity contribution in [1.29, 1.82) is 0 Å². The lowest BCUT2D eigenvalue weighted by molar-refractivity contribution is -0.139. The summed E-state index contributed by atoms with van der Waals surface area (Å²) in [5.41, 5.74) is 1.54. The molecule has 0 N–H and O–H groups in total. The Hall–Kier alpha value is -2.46. The highest BCUT2D eigenvalue weighted by Crippen LogP contribution is 2.30. The Labute approximate surface area is 184 Å². The van der Waals surface area contributed by atoms with Crippen LogP contribution in [-0.2, 0) is 9.53 Å². The first-order chi connectivity index (χ1) is 14.0. The van der Waals surface area contributed by atoms with Gasteiger partial charge in [-0.05, 0) is 54.1 Å². The third-order valence-corrected chi connectivity index (χ3v) is 6.06. The van der Waals surface area contributed by atoms with Gasteiger partial charge in [-0.3, -0.25) is 9.36 Å². The molecule has 1 aromatic carbocycles. The van der Waals surface area contributed by atoms with E-state index >= 15 is 0 Å². The van der Waals surface area contributed by atoms with Gasteiger partial charge in [-0.15, -0.1) is 0 Å². The maximum Gasteiger partial charge on any atom is 0.338 e. The lowest BCUT2D eigenvalue weighted by Crippen LogP contribution is -2.39. The van der Waals surface area contributed by atoms with Gasteiger partial charge in [0.25, 0.3) is 5.56 Å². The molecule has 0 saturated carbocycles. The molecule has 0 bridgehead atoms. The minimum Gasteiger partial charge on any atom is -0.463 e. The van der Waals surface area contributed by atoms with Gasteiger partial charge in [-0.1, -0.05) is 41.7 Å². The molecular weight excluding hydrogens is 503 g/mol. The van der Waals surface area contributed by atoms with Crippen molar-refractivity contribution in [1.82, 2.24) is 4.57 Å². The summed E-state index contributed by atoms with van der Waals surface area (Å²) in [6.07, 6.45) is 1.71. The summed E-state index contributed by atoms with van der Waals surface area (Å²) in [5.74, 6) is 0.134. The second-order valence-electron chi connectivity index (χ2n) is 6.35. The van der Waals surface area contributed by atoms with E-state index in [0.717, 1.165) is 9.33 Å². The fourth-order valence-corrected chi connectivity index (χ4v) is 4.74. The third kappa shape index (κ3) is 3.74. The fraction of sp³-hybridized carbons (Fsp3) is 0.190. The molecular formula is C21H17IN2O4S. The SMILES string of the molecule is CCOC(=O)C1=C(C)N=c2sc(=Cc3ccc(I)o3)c(=O)n2C1c1ccccc1. The molecule has 0 fully saturated rings. The first-order valence-corrected chi connectivity index (χ1v) is 10.9. The number of thiazole rings is 1. The van der Waals surface area contributed by atoms with Gasteiger partial charge in [0.05, 0.1) is 28.5 Å². The quantitative estimate of drug-likeness (QED) is 0.392. The smallest absolute Gasteiger partial charge is 0.338 e. The van der Waals surface area contributed by atoms with Crippen LogP contribution >= 0.6 is 33.9 Å². The fourth-order valence-electron chi connectivity index (χ4n) is 3.28. The summed E-state index contributed by atoms with van der Waals surface area (Å²) in [4.78, 5) is 31.1. The van der Waals surface area contributed by atoms with Gasteiger partial charge in [-0.2, -0.15) is 0 Å². The largest absolute Gasteiger partial charge is 0.463 e. The zero-order valence-corrected chi connectivity index (χ0v) is 18.7. The number of esters is 1. The van der Waals surface area contributed by atoms with E-state index in [1.165, 1.54) is 11.3 Å². The molecule has 0 amide bonds. The number of allylic oxidation sites excluding steroid dienone is 1. The van der Waals surface area contributed by atoms with E-state index in [1.54, 1.807) is 24.5 Å². The van der Waals surface area contributed by atoms with Crippen molar-refractivity contribution in [2.24, 2.45) is 4.99 Å². The van der Waals surface area contributed by atoms with Crippen LogP contribution in [0.5, 0.6) is 0 Å². The molecule has 29 heavy (non-hydrogen) atoms. The predicted octanol–water partition coefficient (Wildman–Crippen LogP) is 3.00. The van der Waals surface area contributed by atoms with E-state index in [9.17, 15) is 9.59 Å². The Morgan fingerprint density at radius 2 is 2.07 bits per heavy atom. The number of fused-ring (bicyclic) bond motifs is 1. The number of nitrogens with zero attached hydrogens (tertiary/aromatic N) is 2. The number of hydrogen-bond donors (Lipinski definition) is 0. The number of rotatable bonds is 4. The average Bonchev–Trinajstić information content (AvgIpc) is 3.24. The van der Waals surface area contributed by atoms with E-state index in [4.69, 9.17) is 9.15 Å². The number of aromatic nitrogens is 1. The maximum absolute atomic E-state index is 13.3. The summed E-state index contributed by atoms with van der Waals surface area (Å²) in [5, 5.41) is 0. The molecule has 148 valence electrons. The van der Waals surface area contributed by atoms with E-state index in [-0.39, 0.29) is 12.2 Å². The van der Waals surface area contributed by atoms with Crippen molar-refractivity contribution >= 4 is 46.0 Å². The van der Waals surface area contributed by atoms with Gasteiger partial charge in [0.1, 0.15) is 5.76 Å². The normalized spacial score (nSPS) is 16.5. The average molecular weight is 520 g/mol. The van der Waals surface area contributed by atoms with Crippen LogP contribution in [0.15, 0.2) is 67.9 Å². The zero-order valence-electron chi connectivity index (χ0n) is 15.7. The van der Waals surface area contributed by atoms with Crippen molar-refractivity contribution in [3.05, 3.63) is 88.5 Å². The summed E-state index contributed by atoms with van der Waals surface area (Å²) in [6, 6.07) is 12.5. The number of carbonyl (C=O) groups is 1. The Kier molecular flexibility index (Phi) is 5.55. The van der Waals surface area contributed by atoms with Crippen LogP contribution in [0.1, 0.15) is 31.2 Å². The molecule has 0 aliphatic carbocycles. The number of benzene rings is 1. The minimum absolute atomic E-state index is 0.219. The van der Waals surface area contributed by atoms with Crippen LogP contribution in [0.25, 0.3) is 6.08 Å². The number of ether oxygens (including phenoxy) is 1. The Morgan fingerprint density at radius 1 is 1.31 bits per heavy atom. The van der Waals surface area contributed by atoms with Crippen LogP contribution in [0.2, 0.25) is 0 Å². The zero-order chi connectivity index (χ0) is 20.5. The molecule has 6 nitrogen and oxygen atoms in total. The predicted molar refractivity (Wildman–Crippen MR) is 118 cm³/mol. The molecule has 3 aromatic rings. The van der Waals surface area contributed by atoms with E-state index in [1.807, 2.05) is 42.5 Å². The topological polar surface area (TPSA) is 73.8 Å².